The standard InChI is InChI=1S/C23H25FOSi/c1-23(2,3)26(18-12-6-4-7-13-18,19-14-8-5-9-15-19)22(25)20-16-10-11-17-21(20)24/h4-17,22,25H,1-3H3. The molecule has 0 spiro atoms. The predicted octanol–water partition coefficient (Wildman–Crippen LogP) is 4.46. The van der Waals surface area contributed by atoms with Gasteiger partial charge in [-0.1, -0.05) is 110 Å². The van der Waals surface area contributed by atoms with E-state index in [4.69, 9.17) is 0 Å². The lowest BCUT2D eigenvalue weighted by Gasteiger charge is -2.47. The maximum atomic E-state index is 14.7. The molecule has 0 bridgehead atoms. The Balaban J connectivity index is 2.37. The predicted molar refractivity (Wildman–Crippen MR) is 109 cm³/mol. The number of benzene rings is 3. The number of hydrogen-bond acceptors (Lipinski definition) is 1. The van der Waals surface area contributed by atoms with Gasteiger partial charge in [-0.25, -0.2) is 4.39 Å². The summed E-state index contributed by atoms with van der Waals surface area (Å²) in [5, 5.41) is 13.6. The van der Waals surface area contributed by atoms with Crippen LogP contribution in [0, 0.1) is 5.82 Å². The van der Waals surface area contributed by atoms with Crippen molar-refractivity contribution in [2.24, 2.45) is 0 Å². The third-order valence-electron chi connectivity index (χ3n) is 5.25. The van der Waals surface area contributed by atoms with Gasteiger partial charge in [0.15, 0.2) is 8.07 Å². The van der Waals surface area contributed by atoms with Crippen molar-refractivity contribution in [1.82, 2.24) is 0 Å². The zero-order valence-electron chi connectivity index (χ0n) is 15.5. The van der Waals surface area contributed by atoms with E-state index in [9.17, 15) is 9.50 Å². The Hall–Kier alpha value is -2.23. The Bertz CT molecular complexity index is 817. The summed E-state index contributed by atoms with van der Waals surface area (Å²) in [5.74, 6) is -0.354. The van der Waals surface area contributed by atoms with Crippen LogP contribution in [-0.2, 0) is 0 Å². The zero-order chi connectivity index (χ0) is 18.8. The molecule has 0 fully saturated rings. The largest absolute Gasteiger partial charge is 0.391 e. The van der Waals surface area contributed by atoms with Crippen molar-refractivity contribution in [3.05, 3.63) is 96.3 Å². The first-order chi connectivity index (χ1) is 12.4. The van der Waals surface area contributed by atoms with Gasteiger partial charge in [0.2, 0.25) is 0 Å². The van der Waals surface area contributed by atoms with Crippen LogP contribution >= 0.6 is 0 Å². The van der Waals surface area contributed by atoms with E-state index in [2.05, 4.69) is 45.0 Å². The summed E-state index contributed by atoms with van der Waals surface area (Å²) >= 11 is 0. The van der Waals surface area contributed by atoms with Gasteiger partial charge in [-0.3, -0.25) is 0 Å². The third-order valence-corrected chi connectivity index (χ3v) is 11.2. The molecule has 26 heavy (non-hydrogen) atoms. The van der Waals surface area contributed by atoms with Crippen LogP contribution in [0.15, 0.2) is 84.9 Å². The number of aliphatic hydroxyl groups is 1. The highest BCUT2D eigenvalue weighted by atomic mass is 28.3. The Labute approximate surface area is 156 Å². The van der Waals surface area contributed by atoms with Crippen molar-refractivity contribution in [3.63, 3.8) is 0 Å². The molecular formula is C23H25FOSi. The highest BCUT2D eigenvalue weighted by molar-refractivity contribution is 7.04. The lowest BCUT2D eigenvalue weighted by atomic mass is 10.2. The Kier molecular flexibility index (Phi) is 5.12. The van der Waals surface area contributed by atoms with Crippen molar-refractivity contribution in [2.75, 3.05) is 0 Å². The minimum atomic E-state index is -2.81. The normalized spacial score (nSPS) is 13.4. The summed E-state index contributed by atoms with van der Waals surface area (Å²) in [7, 11) is -2.81. The second-order valence-corrected chi connectivity index (χ2v) is 12.5. The summed E-state index contributed by atoms with van der Waals surface area (Å²) in [6.45, 7) is 6.47. The third kappa shape index (κ3) is 3.02. The van der Waals surface area contributed by atoms with Gasteiger partial charge in [0.05, 0.1) is 5.73 Å². The molecule has 1 atom stereocenters. The van der Waals surface area contributed by atoms with Crippen molar-refractivity contribution < 1.29 is 9.50 Å². The van der Waals surface area contributed by atoms with Gasteiger partial charge < -0.3 is 5.11 Å². The van der Waals surface area contributed by atoms with E-state index in [0.717, 1.165) is 10.4 Å². The fourth-order valence-corrected chi connectivity index (χ4v) is 9.75. The molecule has 3 heteroatoms. The molecule has 3 aromatic carbocycles. The van der Waals surface area contributed by atoms with Crippen LogP contribution < -0.4 is 10.4 Å². The molecule has 0 saturated heterocycles. The van der Waals surface area contributed by atoms with E-state index in [1.165, 1.54) is 6.07 Å². The maximum absolute atomic E-state index is 14.7. The summed E-state index contributed by atoms with van der Waals surface area (Å²) in [6, 6.07) is 26.9. The second-order valence-electron chi connectivity index (χ2n) is 7.71. The Morgan fingerprint density at radius 2 is 1.15 bits per heavy atom. The first kappa shape index (κ1) is 18.6. The van der Waals surface area contributed by atoms with Crippen molar-refractivity contribution >= 4 is 18.4 Å². The van der Waals surface area contributed by atoms with Gasteiger partial charge >= 0.3 is 0 Å². The average molecular weight is 365 g/mol. The van der Waals surface area contributed by atoms with Gasteiger partial charge in [-0.2, -0.15) is 0 Å². The van der Waals surface area contributed by atoms with E-state index in [0.29, 0.717) is 5.56 Å². The molecule has 0 heterocycles. The number of aliphatic hydroxyl groups excluding tert-OH is 1. The van der Waals surface area contributed by atoms with Crippen LogP contribution in [0.2, 0.25) is 5.04 Å². The lowest BCUT2D eigenvalue weighted by Crippen LogP contribution is -2.68. The molecule has 0 aromatic heterocycles. The number of hydrogen-bond donors (Lipinski definition) is 1. The number of halogens is 1. The van der Waals surface area contributed by atoms with Crippen LogP contribution in [0.25, 0.3) is 0 Å². The molecule has 0 aliphatic heterocycles. The second kappa shape index (κ2) is 7.18. The van der Waals surface area contributed by atoms with E-state index in [1.54, 1.807) is 18.2 Å². The topological polar surface area (TPSA) is 20.2 Å². The first-order valence-corrected chi connectivity index (χ1v) is 11.0. The Morgan fingerprint density at radius 1 is 0.731 bits per heavy atom. The fraction of sp³-hybridized carbons (Fsp3) is 0.217. The van der Waals surface area contributed by atoms with Crippen molar-refractivity contribution in [3.8, 4) is 0 Å². The van der Waals surface area contributed by atoms with Crippen molar-refractivity contribution in [2.45, 2.75) is 31.5 Å². The summed E-state index contributed by atoms with van der Waals surface area (Å²) in [6.07, 6.45) is 0. The molecule has 3 aromatic rings. The van der Waals surface area contributed by atoms with Crippen LogP contribution in [0.3, 0.4) is 0 Å². The van der Waals surface area contributed by atoms with Crippen LogP contribution in [0.1, 0.15) is 32.1 Å². The SMILES string of the molecule is CC(C)(C)[Si](c1ccccc1)(c1ccccc1)C(O)c1ccccc1F. The highest BCUT2D eigenvalue weighted by Gasteiger charge is 2.54. The van der Waals surface area contributed by atoms with Gasteiger partial charge in [-0.15, -0.1) is 0 Å². The average Bonchev–Trinajstić information content (AvgIpc) is 2.63. The molecule has 1 N–H and O–H groups in total. The molecule has 0 aliphatic rings. The highest BCUT2D eigenvalue weighted by Crippen LogP contribution is 2.43. The molecule has 0 saturated carbocycles. The quantitative estimate of drug-likeness (QED) is 0.678. The first-order valence-electron chi connectivity index (χ1n) is 8.92. The molecule has 0 radical (unpaired) electrons. The monoisotopic (exact) mass is 364 g/mol. The molecule has 3 rings (SSSR count). The van der Waals surface area contributed by atoms with Crippen LogP contribution in [-0.4, -0.2) is 13.2 Å². The van der Waals surface area contributed by atoms with Crippen LogP contribution in [0.5, 0.6) is 0 Å². The Morgan fingerprint density at radius 3 is 1.58 bits per heavy atom. The van der Waals surface area contributed by atoms with Gasteiger partial charge in [-0.05, 0) is 11.1 Å². The molecule has 134 valence electrons. The van der Waals surface area contributed by atoms with E-state index in [-0.39, 0.29) is 10.9 Å². The van der Waals surface area contributed by atoms with Gasteiger partial charge in [0, 0.05) is 5.56 Å². The van der Waals surface area contributed by atoms with E-state index < -0.39 is 13.8 Å². The number of rotatable bonds is 4. The summed E-state index contributed by atoms with van der Waals surface area (Å²) in [5.41, 5.74) is -0.518. The molecule has 0 amide bonds. The van der Waals surface area contributed by atoms with Gasteiger partial charge in [0.1, 0.15) is 5.82 Å². The lowest BCUT2D eigenvalue weighted by molar-refractivity contribution is 0.241. The minimum Gasteiger partial charge on any atom is -0.391 e. The van der Waals surface area contributed by atoms with Gasteiger partial charge in [0.25, 0.3) is 0 Å². The zero-order valence-corrected chi connectivity index (χ0v) is 16.5. The summed E-state index contributed by atoms with van der Waals surface area (Å²) < 4.78 is 14.7. The fourth-order valence-electron chi connectivity index (χ4n) is 4.09. The molecular weight excluding hydrogens is 339 g/mol. The summed E-state index contributed by atoms with van der Waals surface area (Å²) in [4.78, 5) is 0. The molecule has 0 aliphatic carbocycles. The molecule has 1 nitrogen and oxygen atoms in total. The van der Waals surface area contributed by atoms with E-state index >= 15 is 0 Å². The minimum absolute atomic E-state index is 0.239. The smallest absolute Gasteiger partial charge is 0.159 e. The van der Waals surface area contributed by atoms with Crippen molar-refractivity contribution in [1.29, 1.82) is 0 Å². The van der Waals surface area contributed by atoms with Crippen LogP contribution in [0.4, 0.5) is 4.39 Å². The van der Waals surface area contributed by atoms with E-state index in [1.807, 2.05) is 36.4 Å². The molecule has 1 unspecified atom stereocenters. The maximum Gasteiger partial charge on any atom is 0.159 e.